The van der Waals surface area contributed by atoms with Crippen LogP contribution in [0.25, 0.3) is 6.08 Å². The molecule has 0 bridgehead atoms. The molecule has 1 N–H and O–H groups in total. The van der Waals surface area contributed by atoms with Gasteiger partial charge in [0.1, 0.15) is 5.69 Å². The zero-order valence-corrected chi connectivity index (χ0v) is 13.5. The monoisotopic (exact) mass is 439 g/mol. The molecule has 2 aromatic carbocycles. The van der Waals surface area contributed by atoms with Gasteiger partial charge in [-0.2, -0.15) is 0 Å². The van der Waals surface area contributed by atoms with Crippen molar-refractivity contribution in [1.29, 1.82) is 0 Å². The molecule has 0 aliphatic heterocycles. The van der Waals surface area contributed by atoms with Crippen LogP contribution in [-0.2, 0) is 10.0 Å². The van der Waals surface area contributed by atoms with Gasteiger partial charge in [0.05, 0.1) is 11.0 Å². The standard InChI is InChI=1S/C14H3F10NO2S/c15-4-3(5(16)7(18)8(19)6(4)17)1-2-28(26,27)25-14-12(23)10(21)9(20)11(22)13(14)24/h1-2,25H/b2-1+. The Morgan fingerprint density at radius 3 is 1.25 bits per heavy atom. The maximum Gasteiger partial charge on any atom is 0.255 e. The van der Waals surface area contributed by atoms with E-state index < -0.39 is 79.4 Å². The predicted molar refractivity (Wildman–Crippen MR) is 74.0 cm³/mol. The summed E-state index contributed by atoms with van der Waals surface area (Å²) in [4.78, 5) is 0. The first kappa shape index (κ1) is 21.5. The highest BCUT2D eigenvalue weighted by molar-refractivity contribution is 7.95. The van der Waals surface area contributed by atoms with Crippen LogP contribution in [0.3, 0.4) is 0 Å². The number of hydrogen-bond donors (Lipinski definition) is 1. The van der Waals surface area contributed by atoms with Gasteiger partial charge in [-0.3, -0.25) is 4.72 Å². The maximum atomic E-state index is 13.4. The summed E-state index contributed by atoms with van der Waals surface area (Å²) in [7, 11) is -5.23. The van der Waals surface area contributed by atoms with E-state index in [0.29, 0.717) is 0 Å². The van der Waals surface area contributed by atoms with Gasteiger partial charge in [0.2, 0.25) is 11.6 Å². The quantitative estimate of drug-likeness (QED) is 0.434. The maximum absolute atomic E-state index is 13.4. The first-order chi connectivity index (χ1) is 12.8. The van der Waals surface area contributed by atoms with E-state index in [1.165, 1.54) is 0 Å². The number of sulfonamides is 1. The van der Waals surface area contributed by atoms with E-state index >= 15 is 0 Å². The summed E-state index contributed by atoms with van der Waals surface area (Å²) >= 11 is 0. The van der Waals surface area contributed by atoms with Crippen molar-refractivity contribution < 1.29 is 52.3 Å². The third kappa shape index (κ3) is 3.63. The number of rotatable bonds is 4. The predicted octanol–water partition coefficient (Wildman–Crippen LogP) is 4.49. The Bertz CT molecular complexity index is 1060. The number of hydrogen-bond acceptors (Lipinski definition) is 2. The Hall–Kier alpha value is -2.77. The Morgan fingerprint density at radius 2 is 0.857 bits per heavy atom. The molecule has 0 amide bonds. The van der Waals surface area contributed by atoms with Crippen LogP contribution in [-0.4, -0.2) is 8.42 Å². The minimum absolute atomic E-state index is 0.176. The average Bonchev–Trinajstić information content (AvgIpc) is 2.65. The highest BCUT2D eigenvalue weighted by Crippen LogP contribution is 2.29. The molecule has 0 aromatic heterocycles. The average molecular weight is 439 g/mol. The van der Waals surface area contributed by atoms with Crippen LogP contribution in [0.1, 0.15) is 5.56 Å². The number of halogens is 10. The molecule has 0 aliphatic rings. The van der Waals surface area contributed by atoms with Crippen molar-refractivity contribution in [3.63, 3.8) is 0 Å². The molecule has 0 heterocycles. The summed E-state index contributed by atoms with van der Waals surface area (Å²) in [6.07, 6.45) is -0.176. The molecule has 3 nitrogen and oxygen atoms in total. The lowest BCUT2D eigenvalue weighted by Crippen LogP contribution is -2.15. The van der Waals surface area contributed by atoms with Gasteiger partial charge < -0.3 is 0 Å². The SMILES string of the molecule is O=S(=O)(/C=C/c1c(F)c(F)c(F)c(F)c1F)Nc1c(F)c(F)c(F)c(F)c1F. The molecule has 0 saturated heterocycles. The van der Waals surface area contributed by atoms with Crippen LogP contribution in [0.4, 0.5) is 49.6 Å². The third-order valence-corrected chi connectivity index (χ3v) is 4.09. The zero-order valence-electron chi connectivity index (χ0n) is 12.7. The van der Waals surface area contributed by atoms with Crippen molar-refractivity contribution in [2.45, 2.75) is 0 Å². The van der Waals surface area contributed by atoms with Gasteiger partial charge in [-0.15, -0.1) is 0 Å². The largest absolute Gasteiger partial charge is 0.274 e. The summed E-state index contributed by atoms with van der Waals surface area (Å²) in [5.74, 6) is -25.0. The molecule has 0 atom stereocenters. The molecule has 0 fully saturated rings. The molecular formula is C14H3F10NO2S. The van der Waals surface area contributed by atoms with Crippen molar-refractivity contribution >= 4 is 21.8 Å². The summed E-state index contributed by atoms with van der Waals surface area (Å²) in [6, 6.07) is 0. The Balaban J connectivity index is 2.50. The topological polar surface area (TPSA) is 46.2 Å². The van der Waals surface area contributed by atoms with Gasteiger partial charge in [0.25, 0.3) is 10.0 Å². The fourth-order valence-electron chi connectivity index (χ4n) is 1.80. The van der Waals surface area contributed by atoms with E-state index in [2.05, 4.69) is 0 Å². The fourth-order valence-corrected chi connectivity index (χ4v) is 2.64. The summed E-state index contributed by atoms with van der Waals surface area (Å²) < 4.78 is 156. The Labute approximate surface area is 148 Å². The second kappa shape index (κ2) is 7.33. The smallest absolute Gasteiger partial charge is 0.255 e. The second-order valence-corrected chi connectivity index (χ2v) is 6.44. The molecule has 2 aromatic rings. The van der Waals surface area contributed by atoms with Gasteiger partial charge in [-0.25, -0.2) is 52.3 Å². The van der Waals surface area contributed by atoms with E-state index in [4.69, 9.17) is 0 Å². The lowest BCUT2D eigenvalue weighted by atomic mass is 10.1. The van der Waals surface area contributed by atoms with E-state index in [9.17, 15) is 52.3 Å². The van der Waals surface area contributed by atoms with Gasteiger partial charge in [-0.1, -0.05) is 0 Å². The van der Waals surface area contributed by atoms with Crippen molar-refractivity contribution in [1.82, 2.24) is 0 Å². The van der Waals surface area contributed by atoms with Crippen molar-refractivity contribution in [2.75, 3.05) is 4.72 Å². The first-order valence-electron chi connectivity index (χ1n) is 6.53. The highest BCUT2D eigenvalue weighted by atomic mass is 32.2. The van der Waals surface area contributed by atoms with Crippen molar-refractivity contribution in [3.8, 4) is 0 Å². The molecule has 28 heavy (non-hydrogen) atoms. The minimum atomic E-state index is -5.23. The van der Waals surface area contributed by atoms with Gasteiger partial charge in [-0.05, 0) is 6.08 Å². The molecule has 0 unspecified atom stereocenters. The normalized spacial score (nSPS) is 12.1. The summed E-state index contributed by atoms with van der Waals surface area (Å²) in [6.45, 7) is 0. The van der Waals surface area contributed by atoms with Crippen LogP contribution in [0.15, 0.2) is 5.41 Å². The van der Waals surface area contributed by atoms with Crippen molar-refractivity contribution in [2.24, 2.45) is 0 Å². The lowest BCUT2D eigenvalue weighted by molar-refractivity contribution is 0.377. The van der Waals surface area contributed by atoms with Crippen molar-refractivity contribution in [3.05, 3.63) is 69.1 Å². The van der Waals surface area contributed by atoms with E-state index in [-0.39, 0.29) is 11.5 Å². The highest BCUT2D eigenvalue weighted by Gasteiger charge is 2.28. The van der Waals surface area contributed by atoms with E-state index in [1.54, 1.807) is 0 Å². The number of benzene rings is 2. The summed E-state index contributed by atoms with van der Waals surface area (Å²) in [5.41, 5.74) is -3.77. The van der Waals surface area contributed by atoms with E-state index in [1.807, 2.05) is 0 Å². The molecule has 2 rings (SSSR count). The Morgan fingerprint density at radius 1 is 0.536 bits per heavy atom. The van der Waals surface area contributed by atoms with Crippen LogP contribution >= 0.6 is 0 Å². The number of anilines is 1. The molecule has 14 heteroatoms. The molecule has 0 radical (unpaired) electrons. The van der Waals surface area contributed by atoms with E-state index in [0.717, 1.165) is 4.72 Å². The molecule has 152 valence electrons. The summed E-state index contributed by atoms with van der Waals surface area (Å²) in [5, 5.41) is -0.316. The lowest BCUT2D eigenvalue weighted by Gasteiger charge is -2.09. The van der Waals surface area contributed by atoms with Gasteiger partial charge in [0.15, 0.2) is 46.5 Å². The van der Waals surface area contributed by atoms with Crippen LogP contribution in [0, 0.1) is 58.2 Å². The van der Waals surface area contributed by atoms with Crippen LogP contribution < -0.4 is 4.72 Å². The van der Waals surface area contributed by atoms with Gasteiger partial charge in [0, 0.05) is 0 Å². The first-order valence-corrected chi connectivity index (χ1v) is 8.08. The fraction of sp³-hybridized carbons (Fsp3) is 0. The zero-order chi connectivity index (χ0) is 21.5. The van der Waals surface area contributed by atoms with Gasteiger partial charge >= 0.3 is 0 Å². The molecular weight excluding hydrogens is 436 g/mol. The Kier molecular flexibility index (Phi) is 5.64. The minimum Gasteiger partial charge on any atom is -0.274 e. The van der Waals surface area contributed by atoms with Crippen LogP contribution in [0.2, 0.25) is 0 Å². The third-order valence-electron chi connectivity index (χ3n) is 3.11. The van der Waals surface area contributed by atoms with Crippen LogP contribution in [0.5, 0.6) is 0 Å². The molecule has 0 saturated carbocycles. The molecule has 0 aliphatic carbocycles. The second-order valence-electron chi connectivity index (χ2n) is 4.88. The number of nitrogens with one attached hydrogen (secondary N) is 1. The molecule has 0 spiro atoms.